The standard InChI is InChI=1S/C19H31N3O/c1-16-7-6-14-22(15-16)13-5-4-12-21-19(23)11-10-17-8-2-3-9-18(17)20/h2-3,8-9,16H,4-7,10-15,20H2,1H3,(H,21,23). The van der Waals surface area contributed by atoms with Gasteiger partial charge >= 0.3 is 0 Å². The van der Waals surface area contributed by atoms with Gasteiger partial charge in [0.1, 0.15) is 0 Å². The maximum Gasteiger partial charge on any atom is 0.220 e. The summed E-state index contributed by atoms with van der Waals surface area (Å²) in [6.45, 7) is 6.78. The lowest BCUT2D eigenvalue weighted by Gasteiger charge is -2.30. The van der Waals surface area contributed by atoms with Crippen molar-refractivity contribution in [3.63, 3.8) is 0 Å². The van der Waals surface area contributed by atoms with Gasteiger partial charge < -0.3 is 16.0 Å². The number of anilines is 1. The van der Waals surface area contributed by atoms with Crippen LogP contribution < -0.4 is 11.1 Å². The molecule has 4 nitrogen and oxygen atoms in total. The highest BCUT2D eigenvalue weighted by molar-refractivity contribution is 5.76. The SMILES string of the molecule is CC1CCCN(CCCCNC(=O)CCc2ccccc2N)C1. The number of amides is 1. The Morgan fingerprint density at radius 2 is 2.17 bits per heavy atom. The molecule has 3 N–H and O–H groups in total. The molecule has 1 aromatic carbocycles. The van der Waals surface area contributed by atoms with E-state index < -0.39 is 0 Å². The zero-order chi connectivity index (χ0) is 16.5. The maximum atomic E-state index is 11.9. The van der Waals surface area contributed by atoms with Crippen molar-refractivity contribution in [2.45, 2.75) is 45.4 Å². The lowest BCUT2D eigenvalue weighted by molar-refractivity contribution is -0.121. The first-order chi connectivity index (χ1) is 11.1. The summed E-state index contributed by atoms with van der Waals surface area (Å²) in [5.74, 6) is 0.966. The molecule has 2 rings (SSSR count). The number of nitrogens with zero attached hydrogens (tertiary/aromatic N) is 1. The molecule has 1 saturated heterocycles. The first kappa shape index (κ1) is 17.8. The van der Waals surface area contributed by atoms with Gasteiger partial charge in [0.05, 0.1) is 0 Å². The lowest BCUT2D eigenvalue weighted by atomic mass is 10.0. The highest BCUT2D eigenvalue weighted by Crippen LogP contribution is 2.15. The van der Waals surface area contributed by atoms with Gasteiger partial charge in [-0.25, -0.2) is 0 Å². The Labute approximate surface area is 140 Å². The summed E-state index contributed by atoms with van der Waals surface area (Å²) >= 11 is 0. The van der Waals surface area contributed by atoms with Crippen LogP contribution in [0.4, 0.5) is 5.69 Å². The molecule has 1 atom stereocenters. The minimum absolute atomic E-state index is 0.125. The number of hydrogen-bond donors (Lipinski definition) is 2. The van der Waals surface area contributed by atoms with Gasteiger partial charge in [-0.3, -0.25) is 4.79 Å². The van der Waals surface area contributed by atoms with E-state index in [4.69, 9.17) is 5.73 Å². The summed E-state index contributed by atoms with van der Waals surface area (Å²) in [5.41, 5.74) is 7.72. The van der Waals surface area contributed by atoms with E-state index >= 15 is 0 Å². The molecule has 0 radical (unpaired) electrons. The molecule has 0 saturated carbocycles. The Hall–Kier alpha value is -1.55. The van der Waals surface area contributed by atoms with Crippen molar-refractivity contribution in [1.82, 2.24) is 10.2 Å². The van der Waals surface area contributed by atoms with Gasteiger partial charge in [-0.05, 0) is 62.7 Å². The Morgan fingerprint density at radius 3 is 2.96 bits per heavy atom. The van der Waals surface area contributed by atoms with Crippen LogP contribution in [0.15, 0.2) is 24.3 Å². The van der Waals surface area contributed by atoms with E-state index in [-0.39, 0.29) is 5.91 Å². The molecule has 23 heavy (non-hydrogen) atoms. The second-order valence-corrected chi connectivity index (χ2v) is 6.80. The van der Waals surface area contributed by atoms with Crippen molar-refractivity contribution in [3.05, 3.63) is 29.8 Å². The second kappa shape index (κ2) is 9.56. The van der Waals surface area contributed by atoms with Crippen molar-refractivity contribution in [3.8, 4) is 0 Å². The van der Waals surface area contributed by atoms with Crippen LogP contribution in [0.1, 0.15) is 44.6 Å². The molecule has 1 aliphatic heterocycles. The number of nitrogens with one attached hydrogen (secondary N) is 1. The fraction of sp³-hybridized carbons (Fsp3) is 0.632. The fourth-order valence-electron chi connectivity index (χ4n) is 3.28. The number of aryl methyl sites for hydroxylation is 1. The number of carbonyl (C=O) groups is 1. The van der Waals surface area contributed by atoms with Crippen LogP contribution in [0, 0.1) is 5.92 Å². The number of nitrogens with two attached hydrogens (primary N) is 1. The molecular formula is C19H31N3O. The normalized spacial score (nSPS) is 18.7. The highest BCUT2D eigenvalue weighted by atomic mass is 16.1. The van der Waals surface area contributed by atoms with Gasteiger partial charge in [-0.1, -0.05) is 25.1 Å². The smallest absolute Gasteiger partial charge is 0.220 e. The molecule has 0 spiro atoms. The van der Waals surface area contributed by atoms with E-state index in [0.29, 0.717) is 12.8 Å². The predicted octanol–water partition coefficient (Wildman–Crippen LogP) is 2.83. The molecule has 4 heteroatoms. The maximum absolute atomic E-state index is 11.9. The lowest BCUT2D eigenvalue weighted by Crippen LogP contribution is -2.35. The number of unbranched alkanes of at least 4 members (excludes halogenated alkanes) is 1. The minimum Gasteiger partial charge on any atom is -0.399 e. The van der Waals surface area contributed by atoms with Crippen molar-refractivity contribution >= 4 is 11.6 Å². The Morgan fingerprint density at radius 1 is 1.35 bits per heavy atom. The summed E-state index contributed by atoms with van der Waals surface area (Å²) in [6.07, 6.45) is 6.16. The predicted molar refractivity (Wildman–Crippen MR) is 96.3 cm³/mol. The third-order valence-electron chi connectivity index (χ3n) is 4.64. The summed E-state index contributed by atoms with van der Waals surface area (Å²) in [4.78, 5) is 14.4. The van der Waals surface area contributed by atoms with Crippen molar-refractivity contribution < 1.29 is 4.79 Å². The van der Waals surface area contributed by atoms with E-state index in [1.54, 1.807) is 0 Å². The summed E-state index contributed by atoms with van der Waals surface area (Å²) in [5, 5.41) is 3.02. The largest absolute Gasteiger partial charge is 0.399 e. The Balaban J connectivity index is 1.52. The second-order valence-electron chi connectivity index (χ2n) is 6.80. The van der Waals surface area contributed by atoms with Crippen LogP contribution in [0.3, 0.4) is 0 Å². The third-order valence-corrected chi connectivity index (χ3v) is 4.64. The molecule has 0 aliphatic carbocycles. The number of nitrogen functional groups attached to an aromatic ring is 1. The van der Waals surface area contributed by atoms with E-state index in [1.807, 2.05) is 24.3 Å². The highest BCUT2D eigenvalue weighted by Gasteiger charge is 2.15. The molecule has 1 aromatic rings. The van der Waals surface area contributed by atoms with Crippen molar-refractivity contribution in [2.75, 3.05) is 31.9 Å². The quantitative estimate of drug-likeness (QED) is 0.572. The number of carbonyl (C=O) groups excluding carboxylic acids is 1. The Kier molecular flexibility index (Phi) is 7.40. The van der Waals surface area contributed by atoms with Gasteiger partial charge in [0.15, 0.2) is 0 Å². The van der Waals surface area contributed by atoms with E-state index in [2.05, 4.69) is 17.1 Å². The van der Waals surface area contributed by atoms with Crippen LogP contribution in [0.25, 0.3) is 0 Å². The molecule has 1 amide bonds. The average Bonchev–Trinajstić information content (AvgIpc) is 2.54. The number of benzene rings is 1. The molecule has 1 fully saturated rings. The molecule has 0 aromatic heterocycles. The van der Waals surface area contributed by atoms with Gasteiger partial charge in [0.2, 0.25) is 5.91 Å². The minimum atomic E-state index is 0.125. The molecule has 1 heterocycles. The Bertz CT molecular complexity index is 489. The van der Waals surface area contributed by atoms with Crippen LogP contribution in [0.2, 0.25) is 0 Å². The monoisotopic (exact) mass is 317 g/mol. The number of hydrogen-bond acceptors (Lipinski definition) is 3. The first-order valence-corrected chi connectivity index (χ1v) is 8.97. The van der Waals surface area contributed by atoms with Gasteiger partial charge in [-0.15, -0.1) is 0 Å². The van der Waals surface area contributed by atoms with Crippen LogP contribution in [-0.2, 0) is 11.2 Å². The number of piperidine rings is 1. The average molecular weight is 317 g/mol. The third kappa shape index (κ3) is 6.61. The topological polar surface area (TPSA) is 58.4 Å². The molecule has 128 valence electrons. The van der Waals surface area contributed by atoms with Gasteiger partial charge in [0.25, 0.3) is 0 Å². The number of rotatable bonds is 8. The number of likely N-dealkylation sites (tertiary alicyclic amines) is 1. The zero-order valence-corrected chi connectivity index (χ0v) is 14.4. The number of para-hydroxylation sites is 1. The fourth-order valence-corrected chi connectivity index (χ4v) is 3.28. The molecule has 1 unspecified atom stereocenters. The van der Waals surface area contributed by atoms with Gasteiger partial charge in [-0.2, -0.15) is 0 Å². The summed E-state index contributed by atoms with van der Waals surface area (Å²) < 4.78 is 0. The van der Waals surface area contributed by atoms with Crippen LogP contribution in [-0.4, -0.2) is 37.0 Å². The van der Waals surface area contributed by atoms with Crippen LogP contribution >= 0.6 is 0 Å². The molecule has 1 aliphatic rings. The summed E-state index contributed by atoms with van der Waals surface area (Å²) in [7, 11) is 0. The van der Waals surface area contributed by atoms with Crippen molar-refractivity contribution in [1.29, 1.82) is 0 Å². The van der Waals surface area contributed by atoms with Gasteiger partial charge in [0, 0.05) is 25.2 Å². The van der Waals surface area contributed by atoms with E-state index in [0.717, 1.165) is 30.1 Å². The summed E-state index contributed by atoms with van der Waals surface area (Å²) in [6, 6.07) is 7.75. The van der Waals surface area contributed by atoms with E-state index in [1.165, 1.54) is 38.9 Å². The van der Waals surface area contributed by atoms with Crippen molar-refractivity contribution in [2.24, 2.45) is 5.92 Å². The van der Waals surface area contributed by atoms with Crippen LogP contribution in [0.5, 0.6) is 0 Å². The first-order valence-electron chi connectivity index (χ1n) is 8.97. The zero-order valence-electron chi connectivity index (χ0n) is 14.4. The molecule has 0 bridgehead atoms. The molecular weight excluding hydrogens is 286 g/mol. The van der Waals surface area contributed by atoms with E-state index in [9.17, 15) is 4.79 Å².